The molecule has 0 aromatic carbocycles. The minimum Gasteiger partial charge on any atom is -0.491 e. The molecular weight excluding hydrogens is 420 g/mol. The number of nitrogens with zero attached hydrogens (tertiary/aromatic N) is 6. The Bertz CT molecular complexity index is 1200. The van der Waals surface area contributed by atoms with Crippen LogP contribution < -0.4 is 25.2 Å². The van der Waals surface area contributed by atoms with Crippen LogP contribution in [0.2, 0.25) is 0 Å². The molecule has 0 unspecified atom stereocenters. The van der Waals surface area contributed by atoms with E-state index in [1.807, 2.05) is 13.8 Å². The summed E-state index contributed by atoms with van der Waals surface area (Å²) in [5.41, 5.74) is 3.55. The molecule has 1 saturated heterocycles. The molecule has 0 radical (unpaired) electrons. The third-order valence-corrected chi connectivity index (χ3v) is 6.09. The summed E-state index contributed by atoms with van der Waals surface area (Å²) in [7, 11) is 0. The van der Waals surface area contributed by atoms with E-state index in [-0.39, 0.29) is 11.6 Å². The largest absolute Gasteiger partial charge is 0.491 e. The van der Waals surface area contributed by atoms with Crippen LogP contribution in [0, 0.1) is 6.92 Å². The fraction of sp³-hybridized carbons (Fsp3) is 0.478. The first kappa shape index (κ1) is 21.4. The standard InChI is InChI=1S/C23H30N8O2/c1-5-33-19-12-20-26-15(2)28-31(20)13-17(19)27-22(32)30-10-7-16-18(6-8-24-21(16)30)29-11-9-25-23(3,4)14-29/h6,8,12-13,25H,5,7,9-11,14H2,1-4H3,(H,27,32). The second kappa shape index (κ2) is 8.18. The fourth-order valence-corrected chi connectivity index (χ4v) is 4.69. The fourth-order valence-electron chi connectivity index (χ4n) is 4.69. The number of aromatic nitrogens is 4. The topological polar surface area (TPSA) is 99.9 Å². The number of hydrogen-bond acceptors (Lipinski definition) is 7. The van der Waals surface area contributed by atoms with Crippen LogP contribution in [0.25, 0.3) is 5.65 Å². The number of nitrogens with one attached hydrogen (secondary N) is 2. The van der Waals surface area contributed by atoms with Gasteiger partial charge in [-0.25, -0.2) is 19.3 Å². The molecule has 0 bridgehead atoms. The lowest BCUT2D eigenvalue weighted by molar-refractivity contribution is 0.257. The van der Waals surface area contributed by atoms with Crippen LogP contribution in [0.4, 0.5) is 22.0 Å². The van der Waals surface area contributed by atoms with E-state index in [0.29, 0.717) is 36.1 Å². The smallest absolute Gasteiger partial charge is 0.327 e. The molecular formula is C23H30N8O2. The van der Waals surface area contributed by atoms with Crippen molar-refractivity contribution >= 4 is 28.9 Å². The number of amides is 2. The molecule has 1 fully saturated rings. The second-order valence-electron chi connectivity index (χ2n) is 9.14. The predicted molar refractivity (Wildman–Crippen MR) is 127 cm³/mol. The summed E-state index contributed by atoms with van der Waals surface area (Å²) < 4.78 is 7.41. The lowest BCUT2D eigenvalue weighted by Crippen LogP contribution is -2.57. The van der Waals surface area contributed by atoms with Crippen molar-refractivity contribution in [1.82, 2.24) is 24.9 Å². The van der Waals surface area contributed by atoms with E-state index in [9.17, 15) is 4.79 Å². The number of pyridine rings is 2. The van der Waals surface area contributed by atoms with Gasteiger partial charge in [0.1, 0.15) is 23.1 Å². The Morgan fingerprint density at radius 1 is 1.33 bits per heavy atom. The van der Waals surface area contributed by atoms with Crippen LogP contribution >= 0.6 is 0 Å². The van der Waals surface area contributed by atoms with E-state index < -0.39 is 0 Å². The maximum absolute atomic E-state index is 13.3. The van der Waals surface area contributed by atoms with Gasteiger partial charge in [0.2, 0.25) is 0 Å². The molecule has 0 spiro atoms. The number of carbonyl (C=O) groups is 1. The SMILES string of the molecule is CCOc1cc2nc(C)nn2cc1NC(=O)N1CCc2c(N3CCNC(C)(C)C3)ccnc21. The average Bonchev–Trinajstić information content (AvgIpc) is 3.35. The highest BCUT2D eigenvalue weighted by Crippen LogP contribution is 2.35. The van der Waals surface area contributed by atoms with Gasteiger partial charge in [-0.3, -0.25) is 4.90 Å². The number of hydrogen-bond donors (Lipinski definition) is 2. The van der Waals surface area contributed by atoms with Crippen LogP contribution in [0.15, 0.2) is 24.5 Å². The second-order valence-corrected chi connectivity index (χ2v) is 9.14. The lowest BCUT2D eigenvalue weighted by atomic mass is 10.0. The molecule has 174 valence electrons. The van der Waals surface area contributed by atoms with Crippen molar-refractivity contribution < 1.29 is 9.53 Å². The van der Waals surface area contributed by atoms with Crippen LogP contribution in [-0.2, 0) is 6.42 Å². The van der Waals surface area contributed by atoms with Gasteiger partial charge >= 0.3 is 6.03 Å². The van der Waals surface area contributed by atoms with E-state index in [2.05, 4.69) is 50.5 Å². The number of ether oxygens (including phenoxy) is 1. The van der Waals surface area contributed by atoms with Crippen molar-refractivity contribution in [2.24, 2.45) is 0 Å². The molecule has 3 aromatic rings. The zero-order chi connectivity index (χ0) is 23.2. The van der Waals surface area contributed by atoms with E-state index in [0.717, 1.165) is 37.4 Å². The summed E-state index contributed by atoms with van der Waals surface area (Å²) in [6, 6.07) is 3.62. The van der Waals surface area contributed by atoms with Gasteiger partial charge in [0.25, 0.3) is 0 Å². The average molecular weight is 451 g/mol. The number of anilines is 3. The number of carbonyl (C=O) groups excluding carboxylic acids is 1. The van der Waals surface area contributed by atoms with Gasteiger partial charge < -0.3 is 20.3 Å². The van der Waals surface area contributed by atoms with Crippen molar-refractivity contribution in [3.8, 4) is 5.75 Å². The van der Waals surface area contributed by atoms with Gasteiger partial charge in [0.15, 0.2) is 5.65 Å². The molecule has 33 heavy (non-hydrogen) atoms. The number of rotatable bonds is 4. The quantitative estimate of drug-likeness (QED) is 0.630. The maximum Gasteiger partial charge on any atom is 0.327 e. The van der Waals surface area contributed by atoms with E-state index >= 15 is 0 Å². The minimum atomic E-state index is -0.240. The van der Waals surface area contributed by atoms with Crippen molar-refractivity contribution in [1.29, 1.82) is 0 Å². The molecule has 0 saturated carbocycles. The molecule has 2 aliphatic heterocycles. The van der Waals surface area contributed by atoms with Crippen LogP contribution in [0.1, 0.15) is 32.2 Å². The Morgan fingerprint density at radius 2 is 2.18 bits per heavy atom. The zero-order valence-corrected chi connectivity index (χ0v) is 19.6. The Morgan fingerprint density at radius 3 is 2.97 bits per heavy atom. The van der Waals surface area contributed by atoms with Gasteiger partial charge in [-0.1, -0.05) is 0 Å². The Kier molecular flexibility index (Phi) is 5.32. The van der Waals surface area contributed by atoms with Crippen molar-refractivity contribution in [3.05, 3.63) is 35.9 Å². The molecule has 3 aromatic heterocycles. The van der Waals surface area contributed by atoms with Gasteiger partial charge in [-0.2, -0.15) is 5.10 Å². The molecule has 0 atom stereocenters. The highest BCUT2D eigenvalue weighted by molar-refractivity contribution is 6.03. The van der Waals surface area contributed by atoms with Gasteiger partial charge in [-0.05, 0) is 40.2 Å². The lowest BCUT2D eigenvalue weighted by Gasteiger charge is -2.41. The highest BCUT2D eigenvalue weighted by Gasteiger charge is 2.33. The van der Waals surface area contributed by atoms with Crippen molar-refractivity contribution in [3.63, 3.8) is 0 Å². The predicted octanol–water partition coefficient (Wildman–Crippen LogP) is 2.61. The Labute approximate surface area is 192 Å². The van der Waals surface area contributed by atoms with Gasteiger partial charge in [0.05, 0.1) is 12.8 Å². The normalized spacial score (nSPS) is 17.3. The molecule has 5 rings (SSSR count). The number of piperazine rings is 1. The Hall–Kier alpha value is -3.40. The molecule has 10 nitrogen and oxygen atoms in total. The summed E-state index contributed by atoms with van der Waals surface area (Å²) in [6.07, 6.45) is 4.31. The van der Waals surface area contributed by atoms with Gasteiger partial charge in [0, 0.05) is 55.2 Å². The molecule has 0 aliphatic carbocycles. The molecule has 2 aliphatic rings. The number of urea groups is 1. The molecule has 10 heteroatoms. The minimum absolute atomic E-state index is 0.0398. The maximum atomic E-state index is 13.3. The third-order valence-electron chi connectivity index (χ3n) is 6.09. The van der Waals surface area contributed by atoms with Crippen LogP contribution in [0.5, 0.6) is 5.75 Å². The van der Waals surface area contributed by atoms with Gasteiger partial charge in [-0.15, -0.1) is 0 Å². The Balaban J connectivity index is 1.41. The first-order valence-electron chi connectivity index (χ1n) is 11.4. The summed E-state index contributed by atoms with van der Waals surface area (Å²) >= 11 is 0. The summed E-state index contributed by atoms with van der Waals surface area (Å²) in [4.78, 5) is 26.4. The van der Waals surface area contributed by atoms with Crippen LogP contribution in [0.3, 0.4) is 0 Å². The van der Waals surface area contributed by atoms with E-state index in [4.69, 9.17) is 4.74 Å². The van der Waals surface area contributed by atoms with E-state index in [1.165, 1.54) is 5.69 Å². The summed E-state index contributed by atoms with van der Waals surface area (Å²) in [5, 5.41) is 10.9. The zero-order valence-electron chi connectivity index (χ0n) is 19.6. The molecule has 5 heterocycles. The van der Waals surface area contributed by atoms with Crippen molar-refractivity contribution in [2.75, 3.05) is 47.9 Å². The number of aryl methyl sites for hydroxylation is 1. The summed E-state index contributed by atoms with van der Waals surface area (Å²) in [5.74, 6) is 1.94. The summed E-state index contributed by atoms with van der Waals surface area (Å²) in [6.45, 7) is 12.0. The molecule has 2 amide bonds. The van der Waals surface area contributed by atoms with E-state index in [1.54, 1.807) is 27.9 Å². The highest BCUT2D eigenvalue weighted by atomic mass is 16.5. The third kappa shape index (κ3) is 4.06. The molecule has 2 N–H and O–H groups in total. The monoisotopic (exact) mass is 450 g/mol. The first-order valence-corrected chi connectivity index (χ1v) is 11.4. The van der Waals surface area contributed by atoms with Crippen molar-refractivity contribution in [2.45, 2.75) is 39.7 Å². The van der Waals surface area contributed by atoms with Crippen LogP contribution in [-0.4, -0.2) is 63.9 Å². The first-order chi connectivity index (χ1) is 15.8. The number of fused-ring (bicyclic) bond motifs is 2.